The highest BCUT2D eigenvalue weighted by atomic mass is 16.6. The molecule has 0 radical (unpaired) electrons. The van der Waals surface area contributed by atoms with E-state index in [1.807, 2.05) is 64.3 Å². The lowest BCUT2D eigenvalue weighted by molar-refractivity contribution is 0.0512. The first-order chi connectivity index (χ1) is 12.5. The van der Waals surface area contributed by atoms with Crippen molar-refractivity contribution in [2.24, 2.45) is 0 Å². The number of hydrogen-bond acceptors (Lipinski definition) is 4. The molecule has 0 spiro atoms. The van der Waals surface area contributed by atoms with Crippen LogP contribution in [0.2, 0.25) is 0 Å². The number of aromatic nitrogens is 1. The molecule has 0 aliphatic rings. The molecule has 1 amide bonds. The van der Waals surface area contributed by atoms with Gasteiger partial charge in [-0.05, 0) is 65.7 Å². The van der Waals surface area contributed by atoms with Crippen LogP contribution < -0.4 is 5.32 Å². The zero-order valence-electron chi connectivity index (χ0n) is 17.3. The minimum absolute atomic E-state index is 0.157. The van der Waals surface area contributed by atoms with Gasteiger partial charge >= 0.3 is 12.1 Å². The van der Waals surface area contributed by atoms with Gasteiger partial charge in [-0.25, -0.2) is 9.59 Å². The number of nitrogens with zero attached hydrogens (tertiary/aromatic N) is 1. The first-order valence-electron chi connectivity index (χ1n) is 9.30. The molecule has 0 saturated heterocycles. The number of fused-ring (bicyclic) bond motifs is 1. The summed E-state index contributed by atoms with van der Waals surface area (Å²) in [5.41, 5.74) is 3.16. The Hall–Kier alpha value is -2.50. The van der Waals surface area contributed by atoms with Crippen molar-refractivity contribution in [1.29, 1.82) is 0 Å². The monoisotopic (exact) mass is 374 g/mol. The van der Waals surface area contributed by atoms with Crippen molar-refractivity contribution in [1.82, 2.24) is 9.88 Å². The number of esters is 1. The third-order valence-electron chi connectivity index (χ3n) is 4.39. The quantitative estimate of drug-likeness (QED) is 0.781. The van der Waals surface area contributed by atoms with Crippen molar-refractivity contribution < 1.29 is 19.1 Å². The predicted molar refractivity (Wildman–Crippen MR) is 106 cm³/mol. The third-order valence-corrected chi connectivity index (χ3v) is 4.39. The van der Waals surface area contributed by atoms with Gasteiger partial charge in [0, 0.05) is 18.0 Å². The summed E-state index contributed by atoms with van der Waals surface area (Å²) in [6.07, 6.45) is -0.476. The molecule has 6 nitrogen and oxygen atoms in total. The molecule has 27 heavy (non-hydrogen) atoms. The van der Waals surface area contributed by atoms with Crippen LogP contribution in [0.15, 0.2) is 18.2 Å². The Labute approximate surface area is 160 Å². The Morgan fingerprint density at radius 3 is 2.48 bits per heavy atom. The van der Waals surface area contributed by atoms with Crippen LogP contribution in [-0.4, -0.2) is 35.4 Å². The maximum atomic E-state index is 12.5. The zero-order chi connectivity index (χ0) is 20.4. The molecule has 1 N–H and O–H groups in total. The van der Waals surface area contributed by atoms with Crippen molar-refractivity contribution in [3.63, 3.8) is 0 Å². The first-order valence-corrected chi connectivity index (χ1v) is 9.30. The fourth-order valence-electron chi connectivity index (χ4n) is 3.05. The number of benzene rings is 1. The summed E-state index contributed by atoms with van der Waals surface area (Å²) in [5.74, 6) is -0.366. The average Bonchev–Trinajstić information content (AvgIpc) is 2.95. The molecule has 1 aromatic carbocycles. The second-order valence-corrected chi connectivity index (χ2v) is 7.80. The van der Waals surface area contributed by atoms with Crippen LogP contribution in [0, 0.1) is 13.8 Å². The van der Waals surface area contributed by atoms with Gasteiger partial charge in [0.05, 0.1) is 12.1 Å². The summed E-state index contributed by atoms with van der Waals surface area (Å²) in [6, 6.07) is 5.74. The van der Waals surface area contributed by atoms with E-state index in [1.54, 1.807) is 6.92 Å². The van der Waals surface area contributed by atoms with E-state index in [-0.39, 0.29) is 12.0 Å². The highest BCUT2D eigenvalue weighted by Gasteiger charge is 2.23. The molecule has 2 rings (SSSR count). The van der Waals surface area contributed by atoms with E-state index >= 15 is 0 Å². The molecular weight excluding hydrogens is 344 g/mol. The standard InChI is InChI=1S/C21H30N2O4/c1-8-26-19(24)17-11-16-10-9-13(2)15(4)18(16)23(17)14(3)12-22-20(25)27-21(5,6)7/h9-11,14H,8,12H2,1-7H3,(H,22,25). The number of ether oxygens (including phenoxy) is 2. The van der Waals surface area contributed by atoms with Crippen molar-refractivity contribution in [2.75, 3.05) is 13.2 Å². The SMILES string of the molecule is CCOC(=O)c1cc2ccc(C)c(C)c2n1C(C)CNC(=O)OC(C)(C)C. The van der Waals surface area contributed by atoms with Crippen LogP contribution in [0.3, 0.4) is 0 Å². The lowest BCUT2D eigenvalue weighted by Gasteiger charge is -2.23. The van der Waals surface area contributed by atoms with Crippen molar-refractivity contribution in [2.45, 2.75) is 60.1 Å². The average molecular weight is 374 g/mol. The topological polar surface area (TPSA) is 69.6 Å². The van der Waals surface area contributed by atoms with Gasteiger partial charge in [0.15, 0.2) is 0 Å². The maximum absolute atomic E-state index is 12.5. The second kappa shape index (κ2) is 8.03. The van der Waals surface area contributed by atoms with Crippen molar-refractivity contribution in [3.8, 4) is 0 Å². The van der Waals surface area contributed by atoms with E-state index in [0.29, 0.717) is 18.8 Å². The smallest absolute Gasteiger partial charge is 0.407 e. The Bertz CT molecular complexity index is 846. The molecule has 1 heterocycles. The third kappa shape index (κ3) is 4.81. The normalized spacial score (nSPS) is 12.7. The molecule has 0 bridgehead atoms. The largest absolute Gasteiger partial charge is 0.461 e. The van der Waals surface area contributed by atoms with Crippen LogP contribution >= 0.6 is 0 Å². The lowest BCUT2D eigenvalue weighted by Crippen LogP contribution is -2.35. The minimum atomic E-state index is -0.558. The molecule has 1 atom stereocenters. The lowest BCUT2D eigenvalue weighted by atomic mass is 10.1. The predicted octanol–water partition coefficient (Wildman–Crippen LogP) is 4.52. The fraction of sp³-hybridized carbons (Fsp3) is 0.524. The summed E-state index contributed by atoms with van der Waals surface area (Å²) in [4.78, 5) is 24.5. The molecule has 0 aliphatic carbocycles. The summed E-state index contributed by atoms with van der Waals surface area (Å²) in [6.45, 7) is 13.9. The van der Waals surface area contributed by atoms with Gasteiger partial charge in [-0.3, -0.25) is 0 Å². The molecule has 1 aromatic heterocycles. The fourth-order valence-corrected chi connectivity index (χ4v) is 3.05. The maximum Gasteiger partial charge on any atom is 0.407 e. The van der Waals surface area contributed by atoms with Gasteiger partial charge in [-0.2, -0.15) is 0 Å². The highest BCUT2D eigenvalue weighted by Crippen LogP contribution is 2.29. The van der Waals surface area contributed by atoms with Crippen LogP contribution in [0.4, 0.5) is 4.79 Å². The van der Waals surface area contributed by atoms with Crippen molar-refractivity contribution in [3.05, 3.63) is 35.0 Å². The highest BCUT2D eigenvalue weighted by molar-refractivity contribution is 5.97. The number of nitrogens with one attached hydrogen (secondary N) is 1. The van der Waals surface area contributed by atoms with Crippen LogP contribution in [0.25, 0.3) is 10.9 Å². The van der Waals surface area contributed by atoms with Gasteiger partial charge in [0.2, 0.25) is 0 Å². The van der Waals surface area contributed by atoms with E-state index < -0.39 is 11.7 Å². The Kier molecular flexibility index (Phi) is 6.19. The molecular formula is C21H30N2O4. The number of alkyl carbamates (subject to hydrolysis) is 1. The number of hydrogen-bond donors (Lipinski definition) is 1. The van der Waals surface area contributed by atoms with E-state index in [0.717, 1.165) is 22.0 Å². The van der Waals surface area contributed by atoms with Crippen LogP contribution in [0.5, 0.6) is 0 Å². The number of aryl methyl sites for hydroxylation is 2. The van der Waals surface area contributed by atoms with Crippen LogP contribution in [-0.2, 0) is 9.47 Å². The van der Waals surface area contributed by atoms with E-state index in [4.69, 9.17) is 9.47 Å². The van der Waals surface area contributed by atoms with Gasteiger partial charge in [-0.1, -0.05) is 12.1 Å². The van der Waals surface area contributed by atoms with Gasteiger partial charge < -0.3 is 19.4 Å². The Morgan fingerprint density at radius 2 is 1.89 bits per heavy atom. The minimum Gasteiger partial charge on any atom is -0.461 e. The van der Waals surface area contributed by atoms with Gasteiger partial charge in [-0.15, -0.1) is 0 Å². The van der Waals surface area contributed by atoms with Crippen molar-refractivity contribution >= 4 is 23.0 Å². The first kappa shape index (κ1) is 20.8. The van der Waals surface area contributed by atoms with E-state index in [2.05, 4.69) is 5.32 Å². The summed E-state index contributed by atoms with van der Waals surface area (Å²) < 4.78 is 12.5. The molecule has 2 aromatic rings. The zero-order valence-corrected chi connectivity index (χ0v) is 17.3. The number of amides is 1. The van der Waals surface area contributed by atoms with Gasteiger partial charge in [0.25, 0.3) is 0 Å². The van der Waals surface area contributed by atoms with E-state index in [1.165, 1.54) is 0 Å². The summed E-state index contributed by atoms with van der Waals surface area (Å²) in [7, 11) is 0. The summed E-state index contributed by atoms with van der Waals surface area (Å²) in [5, 5.41) is 3.77. The molecule has 6 heteroatoms. The number of carbonyl (C=O) groups is 2. The van der Waals surface area contributed by atoms with E-state index in [9.17, 15) is 9.59 Å². The van der Waals surface area contributed by atoms with Crippen LogP contribution in [0.1, 0.15) is 62.3 Å². The number of rotatable bonds is 5. The van der Waals surface area contributed by atoms with Gasteiger partial charge in [0.1, 0.15) is 11.3 Å². The second-order valence-electron chi connectivity index (χ2n) is 7.80. The molecule has 148 valence electrons. The molecule has 0 saturated carbocycles. The number of carbonyl (C=O) groups excluding carboxylic acids is 2. The molecule has 0 aliphatic heterocycles. The summed E-state index contributed by atoms with van der Waals surface area (Å²) >= 11 is 0. The Balaban J connectivity index is 2.39. The molecule has 0 fully saturated rings. The molecule has 1 unspecified atom stereocenters. The Morgan fingerprint density at radius 1 is 1.22 bits per heavy atom.